The molecule has 0 atom stereocenters. The van der Waals surface area contributed by atoms with Crippen molar-refractivity contribution in [2.75, 3.05) is 44.7 Å². The van der Waals surface area contributed by atoms with Crippen molar-refractivity contribution in [3.63, 3.8) is 0 Å². The van der Waals surface area contributed by atoms with Gasteiger partial charge in [0, 0.05) is 33.6 Å². The highest BCUT2D eigenvalue weighted by molar-refractivity contribution is 7.09. The highest BCUT2D eigenvalue weighted by atomic mass is 32.1. The standard InChI is InChI=1S/C24H29N3O2S/c1-18-14-23(19(2)27(18)16-22-8-5-13-30-22)24(28)17-25-9-11-26(12-10-25)20-6-4-7-21(15-20)29-3/h4-8,13-15H,9-12,16-17H2,1-3H3/p+1. The number of aromatic nitrogens is 1. The van der Waals surface area contributed by atoms with Crippen LogP contribution in [-0.2, 0) is 6.54 Å². The average Bonchev–Trinajstić information content (AvgIpc) is 3.38. The first-order valence-electron chi connectivity index (χ1n) is 10.5. The van der Waals surface area contributed by atoms with E-state index in [1.807, 2.05) is 12.1 Å². The van der Waals surface area contributed by atoms with Crippen LogP contribution >= 0.6 is 11.3 Å². The Morgan fingerprint density at radius 3 is 2.63 bits per heavy atom. The topological polar surface area (TPSA) is 38.9 Å². The van der Waals surface area contributed by atoms with Crippen LogP contribution in [-0.4, -0.2) is 50.2 Å². The molecule has 0 spiro atoms. The van der Waals surface area contributed by atoms with Gasteiger partial charge in [-0.3, -0.25) is 4.79 Å². The molecule has 4 rings (SSSR count). The number of ketones is 1. The van der Waals surface area contributed by atoms with E-state index in [-0.39, 0.29) is 5.78 Å². The maximum Gasteiger partial charge on any atom is 0.218 e. The van der Waals surface area contributed by atoms with E-state index in [1.54, 1.807) is 18.4 Å². The first-order chi connectivity index (χ1) is 14.5. The SMILES string of the molecule is COc1cccc(N2CC[NH+](CC(=O)c3cc(C)n(Cc4cccs4)c3C)CC2)c1. The van der Waals surface area contributed by atoms with Crippen LogP contribution in [0.3, 0.4) is 0 Å². The molecule has 2 aromatic heterocycles. The quantitative estimate of drug-likeness (QED) is 0.593. The number of hydrogen-bond acceptors (Lipinski definition) is 4. The molecule has 0 aliphatic carbocycles. The molecule has 0 unspecified atom stereocenters. The molecule has 1 aliphatic rings. The maximum absolute atomic E-state index is 13.1. The minimum atomic E-state index is 0.255. The molecular formula is C24H30N3O2S+. The summed E-state index contributed by atoms with van der Waals surface area (Å²) in [6, 6.07) is 14.5. The van der Waals surface area contributed by atoms with Crippen molar-refractivity contribution in [2.45, 2.75) is 20.4 Å². The van der Waals surface area contributed by atoms with Gasteiger partial charge in [0.05, 0.1) is 39.8 Å². The summed E-state index contributed by atoms with van der Waals surface area (Å²) >= 11 is 1.76. The normalized spacial score (nSPS) is 14.8. The number of thiophene rings is 1. The first kappa shape index (κ1) is 20.7. The number of nitrogens with zero attached hydrogens (tertiary/aromatic N) is 2. The van der Waals surface area contributed by atoms with Crippen LogP contribution in [0.25, 0.3) is 0 Å². The van der Waals surface area contributed by atoms with Crippen molar-refractivity contribution >= 4 is 22.8 Å². The molecule has 5 nitrogen and oxygen atoms in total. The molecule has 30 heavy (non-hydrogen) atoms. The van der Waals surface area contributed by atoms with Gasteiger partial charge in [0.15, 0.2) is 0 Å². The number of ether oxygens (including phenoxy) is 1. The number of nitrogens with one attached hydrogen (secondary N) is 1. The monoisotopic (exact) mass is 424 g/mol. The van der Waals surface area contributed by atoms with Gasteiger partial charge in [-0.25, -0.2) is 0 Å². The van der Waals surface area contributed by atoms with Gasteiger partial charge < -0.3 is 19.1 Å². The number of carbonyl (C=O) groups is 1. The van der Waals surface area contributed by atoms with Crippen LogP contribution < -0.4 is 14.5 Å². The highest BCUT2D eigenvalue weighted by Gasteiger charge is 2.25. The van der Waals surface area contributed by atoms with Gasteiger partial charge in [0.1, 0.15) is 12.3 Å². The number of quaternary nitrogens is 1. The third-order valence-electron chi connectivity index (χ3n) is 6.07. The van der Waals surface area contributed by atoms with Gasteiger partial charge >= 0.3 is 0 Å². The summed E-state index contributed by atoms with van der Waals surface area (Å²) in [7, 11) is 1.70. The van der Waals surface area contributed by atoms with Crippen LogP contribution in [0.2, 0.25) is 0 Å². The molecule has 0 amide bonds. The lowest BCUT2D eigenvalue weighted by molar-refractivity contribution is -0.892. The molecule has 158 valence electrons. The lowest BCUT2D eigenvalue weighted by Gasteiger charge is -2.33. The molecule has 1 fully saturated rings. The van der Waals surface area contributed by atoms with Gasteiger partial charge in [-0.05, 0) is 43.5 Å². The van der Waals surface area contributed by atoms with Crippen molar-refractivity contribution in [2.24, 2.45) is 0 Å². The molecule has 0 radical (unpaired) electrons. The van der Waals surface area contributed by atoms with E-state index >= 15 is 0 Å². The number of rotatable bonds is 7. The third-order valence-corrected chi connectivity index (χ3v) is 6.93. The summed E-state index contributed by atoms with van der Waals surface area (Å²) in [6.45, 7) is 9.42. The zero-order chi connectivity index (χ0) is 21.1. The summed E-state index contributed by atoms with van der Waals surface area (Å²) in [5, 5.41) is 2.10. The highest BCUT2D eigenvalue weighted by Crippen LogP contribution is 2.21. The van der Waals surface area contributed by atoms with Crippen molar-refractivity contribution in [3.05, 3.63) is 69.7 Å². The summed E-state index contributed by atoms with van der Waals surface area (Å²) in [5.41, 5.74) is 4.31. The number of benzene rings is 1. The Bertz CT molecular complexity index is 1000. The van der Waals surface area contributed by atoms with E-state index < -0.39 is 0 Å². The molecule has 6 heteroatoms. The van der Waals surface area contributed by atoms with Crippen molar-refractivity contribution < 1.29 is 14.4 Å². The Balaban J connectivity index is 1.37. The van der Waals surface area contributed by atoms with Gasteiger partial charge in [0.2, 0.25) is 5.78 Å². The molecule has 1 saturated heterocycles. The molecular weight excluding hydrogens is 394 g/mol. The Hall–Kier alpha value is -2.57. The van der Waals surface area contributed by atoms with Gasteiger partial charge in [-0.15, -0.1) is 11.3 Å². The second-order valence-corrected chi connectivity index (χ2v) is 9.02. The van der Waals surface area contributed by atoms with E-state index in [4.69, 9.17) is 4.74 Å². The fourth-order valence-corrected chi connectivity index (χ4v) is 4.97. The lowest BCUT2D eigenvalue weighted by atomic mass is 10.1. The Morgan fingerprint density at radius 2 is 1.93 bits per heavy atom. The smallest absolute Gasteiger partial charge is 0.218 e. The van der Waals surface area contributed by atoms with Crippen LogP contribution in [0.1, 0.15) is 26.6 Å². The molecule has 1 aliphatic heterocycles. The van der Waals surface area contributed by atoms with E-state index in [1.165, 1.54) is 15.5 Å². The predicted octanol–water partition coefficient (Wildman–Crippen LogP) is 2.81. The minimum absolute atomic E-state index is 0.255. The van der Waals surface area contributed by atoms with Gasteiger partial charge in [-0.2, -0.15) is 0 Å². The number of aryl methyl sites for hydroxylation is 1. The average molecular weight is 425 g/mol. The van der Waals surface area contributed by atoms with Crippen LogP contribution in [0, 0.1) is 13.8 Å². The predicted molar refractivity (Wildman–Crippen MR) is 122 cm³/mol. The summed E-state index contributed by atoms with van der Waals surface area (Å²) in [6.07, 6.45) is 0. The Morgan fingerprint density at radius 1 is 1.13 bits per heavy atom. The second-order valence-electron chi connectivity index (χ2n) is 7.99. The summed E-state index contributed by atoms with van der Waals surface area (Å²) in [4.78, 5) is 18.1. The van der Waals surface area contributed by atoms with E-state index in [0.29, 0.717) is 6.54 Å². The van der Waals surface area contributed by atoms with Crippen molar-refractivity contribution in [3.8, 4) is 5.75 Å². The van der Waals surface area contributed by atoms with Crippen LogP contribution in [0.4, 0.5) is 5.69 Å². The number of piperazine rings is 1. The van der Waals surface area contributed by atoms with Crippen molar-refractivity contribution in [1.82, 2.24) is 4.57 Å². The number of methoxy groups -OCH3 is 1. The Kier molecular flexibility index (Phi) is 6.25. The molecule has 1 aromatic carbocycles. The Labute approximate surface area is 182 Å². The number of carbonyl (C=O) groups excluding carboxylic acids is 1. The molecule has 0 saturated carbocycles. The second kappa shape index (κ2) is 9.06. The third kappa shape index (κ3) is 4.45. The van der Waals surface area contributed by atoms with Crippen LogP contribution in [0.5, 0.6) is 5.75 Å². The molecule has 3 aromatic rings. The minimum Gasteiger partial charge on any atom is -0.497 e. The van der Waals surface area contributed by atoms with E-state index in [2.05, 4.69) is 59.0 Å². The summed E-state index contributed by atoms with van der Waals surface area (Å²) in [5.74, 6) is 1.14. The fraction of sp³-hybridized carbons (Fsp3) is 0.375. The zero-order valence-electron chi connectivity index (χ0n) is 18.0. The lowest BCUT2D eigenvalue weighted by Crippen LogP contribution is -3.15. The molecule has 0 bridgehead atoms. The largest absolute Gasteiger partial charge is 0.497 e. The maximum atomic E-state index is 13.1. The summed E-state index contributed by atoms with van der Waals surface area (Å²) < 4.78 is 7.61. The molecule has 3 heterocycles. The van der Waals surface area contributed by atoms with E-state index in [0.717, 1.165) is 55.4 Å². The van der Waals surface area contributed by atoms with Gasteiger partial charge in [-0.1, -0.05) is 12.1 Å². The first-order valence-corrected chi connectivity index (χ1v) is 11.4. The van der Waals surface area contributed by atoms with Crippen molar-refractivity contribution in [1.29, 1.82) is 0 Å². The molecule has 1 N–H and O–H groups in total. The number of hydrogen-bond donors (Lipinski definition) is 1. The van der Waals surface area contributed by atoms with E-state index in [9.17, 15) is 4.79 Å². The fourth-order valence-electron chi connectivity index (χ4n) is 4.27. The number of Topliss-reactive ketones (excluding diaryl/α,β-unsaturated/α-hetero) is 1. The van der Waals surface area contributed by atoms with Crippen LogP contribution in [0.15, 0.2) is 47.8 Å². The zero-order valence-corrected chi connectivity index (χ0v) is 18.8. The number of anilines is 1. The van der Waals surface area contributed by atoms with Gasteiger partial charge in [0.25, 0.3) is 0 Å².